The molecule has 0 aliphatic heterocycles. The molecule has 112 valence electrons. The van der Waals surface area contributed by atoms with Crippen molar-refractivity contribution in [3.8, 4) is 0 Å². The monoisotopic (exact) mass is 295 g/mol. The van der Waals surface area contributed by atoms with Crippen molar-refractivity contribution in [2.24, 2.45) is 0 Å². The average Bonchev–Trinajstić information content (AvgIpc) is 2.25. The summed E-state index contributed by atoms with van der Waals surface area (Å²) in [6.45, 7) is 6.61. The largest absolute Gasteiger partial charge is 0.444 e. The lowest BCUT2D eigenvalue weighted by molar-refractivity contribution is -0.118. The molecule has 0 saturated carbocycles. The lowest BCUT2D eigenvalue weighted by atomic mass is 10.2. The van der Waals surface area contributed by atoms with Gasteiger partial charge in [0.1, 0.15) is 11.8 Å². The summed E-state index contributed by atoms with van der Waals surface area (Å²) >= 11 is 0. The van der Waals surface area contributed by atoms with Crippen LogP contribution in [0, 0.1) is 0 Å². The summed E-state index contributed by atoms with van der Waals surface area (Å²) in [5, 5.41) is 2.36. The summed E-state index contributed by atoms with van der Waals surface area (Å²) in [5.41, 5.74) is -0.652. The van der Waals surface area contributed by atoms with Gasteiger partial charge in [0.25, 0.3) is 0 Å². The Balaban J connectivity index is 4.44. The van der Waals surface area contributed by atoms with Crippen molar-refractivity contribution >= 4 is 19.5 Å². The topological polar surface area (TPSA) is 90.9 Å². The number of ether oxygens (including phenoxy) is 1. The Morgan fingerprint density at radius 2 is 1.68 bits per heavy atom. The highest BCUT2D eigenvalue weighted by molar-refractivity contribution is 7.54. The van der Waals surface area contributed by atoms with E-state index < -0.39 is 37.3 Å². The van der Waals surface area contributed by atoms with Gasteiger partial charge < -0.3 is 19.1 Å². The first-order valence-electron chi connectivity index (χ1n) is 5.76. The summed E-state index contributed by atoms with van der Waals surface area (Å²) in [7, 11) is -1.02. The maximum Gasteiger partial charge on any atom is 0.408 e. The molecule has 0 aliphatic carbocycles. The van der Waals surface area contributed by atoms with Gasteiger partial charge in [0.2, 0.25) is 0 Å². The lowest BCUT2D eigenvalue weighted by Gasteiger charge is -2.22. The van der Waals surface area contributed by atoms with E-state index in [-0.39, 0.29) is 0 Å². The molecule has 0 heterocycles. The molecule has 8 heteroatoms. The molecular weight excluding hydrogens is 273 g/mol. The third kappa shape index (κ3) is 7.30. The maximum atomic E-state index is 11.8. The van der Waals surface area contributed by atoms with Gasteiger partial charge in [-0.25, -0.2) is 4.79 Å². The molecule has 1 unspecified atom stereocenters. The van der Waals surface area contributed by atoms with Crippen molar-refractivity contribution < 1.29 is 27.9 Å². The van der Waals surface area contributed by atoms with E-state index >= 15 is 0 Å². The molecule has 0 rings (SSSR count). The van der Waals surface area contributed by atoms with Gasteiger partial charge in [-0.05, 0) is 27.7 Å². The maximum absolute atomic E-state index is 11.8. The first-order chi connectivity index (χ1) is 8.53. The predicted molar refractivity (Wildman–Crippen MR) is 70.3 cm³/mol. The second kappa shape index (κ2) is 7.03. The highest BCUT2D eigenvalue weighted by Gasteiger charge is 2.29. The molecule has 0 aromatic heterocycles. The van der Waals surface area contributed by atoms with Crippen LogP contribution in [0.1, 0.15) is 27.7 Å². The molecule has 1 N–H and O–H groups in total. The Kier molecular flexibility index (Phi) is 6.69. The lowest BCUT2D eigenvalue weighted by Crippen LogP contribution is -2.42. The van der Waals surface area contributed by atoms with Crippen molar-refractivity contribution in [1.82, 2.24) is 5.32 Å². The molecule has 0 bridgehead atoms. The van der Waals surface area contributed by atoms with E-state index in [4.69, 9.17) is 4.74 Å². The summed E-state index contributed by atoms with van der Waals surface area (Å²) < 4.78 is 26.1. The van der Waals surface area contributed by atoms with Gasteiger partial charge in [-0.15, -0.1) is 0 Å². The first-order valence-corrected chi connectivity index (χ1v) is 7.48. The van der Waals surface area contributed by atoms with Crippen molar-refractivity contribution in [3.63, 3.8) is 0 Å². The summed E-state index contributed by atoms with van der Waals surface area (Å²) in [4.78, 5) is 23.2. The van der Waals surface area contributed by atoms with Gasteiger partial charge in [0, 0.05) is 14.2 Å². The van der Waals surface area contributed by atoms with Crippen molar-refractivity contribution in [2.45, 2.75) is 39.3 Å². The molecule has 19 heavy (non-hydrogen) atoms. The van der Waals surface area contributed by atoms with Crippen LogP contribution in [-0.2, 0) is 23.1 Å². The summed E-state index contributed by atoms with van der Waals surface area (Å²) in [5.74, 6) is -0.460. The molecule has 0 spiro atoms. The molecule has 0 saturated heterocycles. The Morgan fingerprint density at radius 1 is 1.21 bits per heavy atom. The van der Waals surface area contributed by atoms with Crippen molar-refractivity contribution in [3.05, 3.63) is 0 Å². The van der Waals surface area contributed by atoms with Crippen LogP contribution in [0.25, 0.3) is 0 Å². The van der Waals surface area contributed by atoms with Gasteiger partial charge in [-0.2, -0.15) is 0 Å². The van der Waals surface area contributed by atoms with Crippen LogP contribution in [0.15, 0.2) is 0 Å². The molecular formula is C11H22NO6P. The van der Waals surface area contributed by atoms with Gasteiger partial charge >= 0.3 is 13.7 Å². The third-order valence-electron chi connectivity index (χ3n) is 2.12. The van der Waals surface area contributed by atoms with E-state index in [0.29, 0.717) is 0 Å². The predicted octanol–water partition coefficient (Wildman–Crippen LogP) is 1.95. The SMILES string of the molecule is COP(=O)(CC(=O)C(C)NC(=O)OC(C)(C)C)OC. The molecule has 1 atom stereocenters. The number of hydrogen-bond acceptors (Lipinski definition) is 6. The second-order valence-electron chi connectivity index (χ2n) is 4.97. The third-order valence-corrected chi connectivity index (χ3v) is 3.93. The van der Waals surface area contributed by atoms with Crippen molar-refractivity contribution in [2.75, 3.05) is 20.4 Å². The van der Waals surface area contributed by atoms with Crippen LogP contribution in [0.5, 0.6) is 0 Å². The Morgan fingerprint density at radius 3 is 2.05 bits per heavy atom. The van der Waals surface area contributed by atoms with Gasteiger partial charge in [-0.3, -0.25) is 9.36 Å². The van der Waals surface area contributed by atoms with Gasteiger partial charge in [-0.1, -0.05) is 0 Å². The Bertz CT molecular complexity index is 368. The van der Waals surface area contributed by atoms with E-state index in [9.17, 15) is 14.2 Å². The molecule has 0 aromatic rings. The second-order valence-corrected chi connectivity index (χ2v) is 7.24. The highest BCUT2D eigenvalue weighted by Crippen LogP contribution is 2.46. The summed E-state index contributed by atoms with van der Waals surface area (Å²) in [6, 6.07) is -0.839. The fourth-order valence-corrected chi connectivity index (χ4v) is 2.16. The zero-order chi connectivity index (χ0) is 15.3. The quantitative estimate of drug-likeness (QED) is 0.753. The van der Waals surface area contributed by atoms with Crippen molar-refractivity contribution in [1.29, 1.82) is 0 Å². The number of hydrogen-bond donors (Lipinski definition) is 1. The van der Waals surface area contributed by atoms with E-state index in [0.717, 1.165) is 0 Å². The van der Waals surface area contributed by atoms with E-state index in [2.05, 4.69) is 14.4 Å². The number of rotatable bonds is 6. The highest BCUT2D eigenvalue weighted by atomic mass is 31.2. The molecule has 7 nitrogen and oxygen atoms in total. The molecule has 0 fully saturated rings. The normalized spacial score (nSPS) is 13.8. The summed E-state index contributed by atoms with van der Waals surface area (Å²) in [6.07, 6.45) is -1.12. The zero-order valence-corrected chi connectivity index (χ0v) is 13.1. The fraction of sp³-hybridized carbons (Fsp3) is 0.818. The molecule has 0 radical (unpaired) electrons. The number of carbonyl (C=O) groups is 2. The standard InChI is InChI=1S/C11H22NO6P/c1-8(12-10(14)18-11(2,3)4)9(13)7-19(15,16-5)17-6/h8H,7H2,1-6H3,(H,12,14). The van der Waals surface area contributed by atoms with Crippen LogP contribution in [0.2, 0.25) is 0 Å². The van der Waals surface area contributed by atoms with Crippen LogP contribution < -0.4 is 5.32 Å². The molecule has 1 amide bonds. The first kappa shape index (κ1) is 18.1. The van der Waals surface area contributed by atoms with Gasteiger partial charge in [0.15, 0.2) is 5.78 Å². The number of ketones is 1. The number of amides is 1. The minimum Gasteiger partial charge on any atom is -0.444 e. The van der Waals surface area contributed by atoms with Crippen LogP contribution >= 0.6 is 7.60 Å². The number of nitrogens with one attached hydrogen (secondary N) is 1. The smallest absolute Gasteiger partial charge is 0.408 e. The minimum absolute atomic E-state index is 0.406. The molecule has 0 aliphatic rings. The minimum atomic E-state index is -3.42. The van der Waals surface area contributed by atoms with Crippen LogP contribution in [0.3, 0.4) is 0 Å². The number of alkyl carbamates (subject to hydrolysis) is 1. The van der Waals surface area contributed by atoms with Crippen LogP contribution in [0.4, 0.5) is 4.79 Å². The Hall–Kier alpha value is -0.910. The zero-order valence-electron chi connectivity index (χ0n) is 12.2. The Labute approximate surface area is 113 Å². The average molecular weight is 295 g/mol. The van der Waals surface area contributed by atoms with E-state index in [1.54, 1.807) is 20.8 Å². The molecule has 0 aromatic carbocycles. The fourth-order valence-electron chi connectivity index (χ4n) is 1.10. The van der Waals surface area contributed by atoms with E-state index in [1.165, 1.54) is 21.1 Å². The van der Waals surface area contributed by atoms with Gasteiger partial charge in [0.05, 0.1) is 6.04 Å². The van der Waals surface area contributed by atoms with E-state index in [1.807, 2.05) is 0 Å². The van der Waals surface area contributed by atoms with Crippen LogP contribution in [-0.4, -0.2) is 43.9 Å². The number of Topliss-reactive ketones (excluding diaryl/α,β-unsaturated/α-hetero) is 1. The number of carbonyl (C=O) groups excluding carboxylic acids is 2.